The number of nitro benzene ring substituents is 1. The number of likely N-dealkylation sites (N-methyl/N-ethyl adjacent to an activating group) is 1. The van der Waals surface area contributed by atoms with Crippen LogP contribution in [0.2, 0.25) is 0 Å². The van der Waals surface area contributed by atoms with Crippen LogP contribution < -0.4 is 10.1 Å². The van der Waals surface area contributed by atoms with Crippen LogP contribution in [0.1, 0.15) is 32.3 Å². The Morgan fingerprint density at radius 3 is 2.68 bits per heavy atom. The minimum Gasteiger partial charge on any atom is -0.487 e. The molecule has 5 nitrogen and oxygen atoms in total. The first kappa shape index (κ1) is 15.4. The summed E-state index contributed by atoms with van der Waals surface area (Å²) >= 11 is 0. The molecule has 0 radical (unpaired) electrons. The molecule has 0 aliphatic heterocycles. The van der Waals surface area contributed by atoms with Gasteiger partial charge in [-0.15, -0.1) is 0 Å². The molecule has 1 unspecified atom stereocenters. The Balaban J connectivity index is 2.93. The summed E-state index contributed by atoms with van der Waals surface area (Å²) in [7, 11) is 1.92. The average molecular weight is 266 g/mol. The Hall–Kier alpha value is -1.62. The monoisotopic (exact) mass is 266 g/mol. The minimum atomic E-state index is -0.399. The van der Waals surface area contributed by atoms with Crippen molar-refractivity contribution in [2.45, 2.75) is 39.2 Å². The summed E-state index contributed by atoms with van der Waals surface area (Å²) in [5, 5.41) is 14.2. The van der Waals surface area contributed by atoms with E-state index in [0.717, 1.165) is 24.8 Å². The van der Waals surface area contributed by atoms with Gasteiger partial charge in [-0.2, -0.15) is 0 Å². The predicted molar refractivity (Wildman–Crippen MR) is 75.7 cm³/mol. The van der Waals surface area contributed by atoms with Gasteiger partial charge in [-0.3, -0.25) is 10.1 Å². The molecule has 0 aliphatic rings. The lowest BCUT2D eigenvalue weighted by Crippen LogP contribution is -2.26. The molecular weight excluding hydrogens is 244 g/mol. The zero-order valence-electron chi connectivity index (χ0n) is 11.8. The molecule has 0 aliphatic carbocycles. The highest BCUT2D eigenvalue weighted by Gasteiger charge is 2.16. The quantitative estimate of drug-likeness (QED) is 0.580. The van der Waals surface area contributed by atoms with E-state index in [1.165, 1.54) is 6.07 Å². The van der Waals surface area contributed by atoms with Crippen LogP contribution in [0.3, 0.4) is 0 Å². The molecule has 0 saturated heterocycles. The van der Waals surface area contributed by atoms with Gasteiger partial charge in [-0.1, -0.05) is 19.9 Å². The summed E-state index contributed by atoms with van der Waals surface area (Å²) in [4.78, 5) is 10.5. The third-order valence-corrected chi connectivity index (χ3v) is 3.07. The highest BCUT2D eigenvalue weighted by molar-refractivity contribution is 5.48. The largest absolute Gasteiger partial charge is 0.487 e. The molecule has 0 aromatic heterocycles. The lowest BCUT2D eigenvalue weighted by atomic mass is 10.0. The summed E-state index contributed by atoms with van der Waals surface area (Å²) in [5.74, 6) is 0.371. The fourth-order valence-corrected chi connectivity index (χ4v) is 1.90. The Bertz CT molecular complexity index is 417. The number of hydrogen-bond donors (Lipinski definition) is 1. The van der Waals surface area contributed by atoms with E-state index in [0.29, 0.717) is 18.4 Å². The van der Waals surface area contributed by atoms with Gasteiger partial charge in [0.1, 0.15) is 0 Å². The van der Waals surface area contributed by atoms with Crippen LogP contribution in [0, 0.1) is 10.1 Å². The fourth-order valence-electron chi connectivity index (χ4n) is 1.90. The third-order valence-electron chi connectivity index (χ3n) is 3.07. The van der Waals surface area contributed by atoms with E-state index < -0.39 is 4.92 Å². The zero-order chi connectivity index (χ0) is 14.3. The number of hydrogen-bond acceptors (Lipinski definition) is 4. The van der Waals surface area contributed by atoms with E-state index in [4.69, 9.17) is 4.74 Å². The van der Waals surface area contributed by atoms with Crippen molar-refractivity contribution in [3.05, 3.63) is 33.9 Å². The van der Waals surface area contributed by atoms with Gasteiger partial charge in [0, 0.05) is 12.1 Å². The number of nitrogens with one attached hydrogen (secondary N) is 1. The summed E-state index contributed by atoms with van der Waals surface area (Å²) in [6, 6.07) is 5.49. The minimum absolute atomic E-state index is 0.0368. The molecule has 1 aromatic carbocycles. The average Bonchev–Trinajstić information content (AvgIpc) is 2.42. The predicted octanol–water partition coefficient (Wildman–Crippen LogP) is 2.92. The van der Waals surface area contributed by atoms with Crippen molar-refractivity contribution in [3.8, 4) is 5.75 Å². The summed E-state index contributed by atoms with van der Waals surface area (Å²) < 4.78 is 5.48. The van der Waals surface area contributed by atoms with Crippen LogP contribution >= 0.6 is 0 Å². The van der Waals surface area contributed by atoms with Crippen LogP contribution in [0.4, 0.5) is 5.69 Å². The van der Waals surface area contributed by atoms with Crippen LogP contribution in [0.5, 0.6) is 5.75 Å². The lowest BCUT2D eigenvalue weighted by molar-refractivity contribution is -0.385. The number of nitrogens with zero attached hydrogens (tertiary/aromatic N) is 1. The maximum absolute atomic E-state index is 10.9. The second-order valence-corrected chi connectivity index (χ2v) is 4.51. The molecule has 106 valence electrons. The van der Waals surface area contributed by atoms with Crippen molar-refractivity contribution < 1.29 is 9.66 Å². The molecule has 1 N–H and O–H groups in total. The van der Waals surface area contributed by atoms with E-state index in [1.54, 1.807) is 12.1 Å². The van der Waals surface area contributed by atoms with Crippen LogP contribution in [0.15, 0.2) is 18.2 Å². The summed E-state index contributed by atoms with van der Waals surface area (Å²) in [6.45, 7) is 4.58. The molecule has 19 heavy (non-hydrogen) atoms. The zero-order valence-corrected chi connectivity index (χ0v) is 11.8. The highest BCUT2D eigenvalue weighted by atomic mass is 16.6. The molecule has 0 bridgehead atoms. The standard InChI is InChI=1S/C14H22N2O3/c1-4-8-19-14-10-11(9-12(5-2)15-3)6-7-13(14)16(17)18/h6-7,10,12,15H,4-5,8-9H2,1-3H3. The van der Waals surface area contributed by atoms with E-state index in [2.05, 4.69) is 12.2 Å². The van der Waals surface area contributed by atoms with Gasteiger partial charge < -0.3 is 10.1 Å². The molecule has 0 saturated carbocycles. The van der Waals surface area contributed by atoms with Crippen molar-refractivity contribution in [3.63, 3.8) is 0 Å². The van der Waals surface area contributed by atoms with Gasteiger partial charge in [0.05, 0.1) is 11.5 Å². The smallest absolute Gasteiger partial charge is 0.310 e. The highest BCUT2D eigenvalue weighted by Crippen LogP contribution is 2.28. The number of nitro groups is 1. The van der Waals surface area contributed by atoms with Gasteiger partial charge >= 0.3 is 5.69 Å². The van der Waals surface area contributed by atoms with Crippen LogP contribution in [-0.4, -0.2) is 24.6 Å². The van der Waals surface area contributed by atoms with Crippen LogP contribution in [0.25, 0.3) is 0 Å². The maximum atomic E-state index is 10.9. The van der Waals surface area contributed by atoms with E-state index in [9.17, 15) is 10.1 Å². The molecular formula is C14H22N2O3. The van der Waals surface area contributed by atoms with Crippen molar-refractivity contribution in [2.24, 2.45) is 0 Å². The van der Waals surface area contributed by atoms with Crippen molar-refractivity contribution in [1.29, 1.82) is 0 Å². The third kappa shape index (κ3) is 4.52. The van der Waals surface area contributed by atoms with E-state index >= 15 is 0 Å². The van der Waals surface area contributed by atoms with Crippen LogP contribution in [-0.2, 0) is 6.42 Å². The second kappa shape index (κ2) is 7.74. The Labute approximate surface area is 114 Å². The molecule has 1 atom stereocenters. The Morgan fingerprint density at radius 1 is 1.42 bits per heavy atom. The van der Waals surface area contributed by atoms with Gasteiger partial charge in [0.25, 0.3) is 0 Å². The summed E-state index contributed by atoms with van der Waals surface area (Å²) in [5.41, 5.74) is 1.09. The van der Waals surface area contributed by atoms with E-state index in [1.807, 2.05) is 14.0 Å². The normalized spacial score (nSPS) is 12.2. The fraction of sp³-hybridized carbons (Fsp3) is 0.571. The van der Waals surface area contributed by atoms with Gasteiger partial charge in [-0.25, -0.2) is 0 Å². The second-order valence-electron chi connectivity index (χ2n) is 4.51. The molecule has 0 fully saturated rings. The Kier molecular flexibility index (Phi) is 6.29. The van der Waals surface area contributed by atoms with Gasteiger partial charge in [-0.05, 0) is 37.9 Å². The first-order chi connectivity index (χ1) is 9.12. The van der Waals surface area contributed by atoms with Crippen molar-refractivity contribution in [2.75, 3.05) is 13.7 Å². The summed E-state index contributed by atoms with van der Waals surface area (Å²) in [6.07, 6.45) is 2.68. The van der Waals surface area contributed by atoms with Crippen molar-refractivity contribution in [1.82, 2.24) is 5.32 Å². The molecule has 0 amide bonds. The number of benzene rings is 1. The molecule has 1 rings (SSSR count). The molecule has 0 heterocycles. The Morgan fingerprint density at radius 2 is 2.16 bits per heavy atom. The van der Waals surface area contributed by atoms with Crippen molar-refractivity contribution >= 4 is 5.69 Å². The first-order valence-electron chi connectivity index (χ1n) is 6.69. The number of rotatable bonds is 8. The molecule has 5 heteroatoms. The first-order valence-corrected chi connectivity index (χ1v) is 6.69. The molecule has 1 aromatic rings. The maximum Gasteiger partial charge on any atom is 0.310 e. The SMILES string of the molecule is CCCOc1cc(CC(CC)NC)ccc1[N+](=O)[O-]. The molecule has 0 spiro atoms. The van der Waals surface area contributed by atoms with Gasteiger partial charge in [0.15, 0.2) is 5.75 Å². The lowest BCUT2D eigenvalue weighted by Gasteiger charge is -2.14. The van der Waals surface area contributed by atoms with E-state index in [-0.39, 0.29) is 5.69 Å². The van der Waals surface area contributed by atoms with Gasteiger partial charge in [0.2, 0.25) is 0 Å². The topological polar surface area (TPSA) is 64.4 Å². The number of ether oxygens (including phenoxy) is 1.